The Kier molecular flexibility index (Phi) is 5.76. The molecule has 2 atom stereocenters. The maximum atomic E-state index is 13.5. The summed E-state index contributed by atoms with van der Waals surface area (Å²) in [7, 11) is 0. The molecule has 2 aliphatic carbocycles. The van der Waals surface area contributed by atoms with Crippen molar-refractivity contribution in [1.29, 1.82) is 0 Å². The van der Waals surface area contributed by atoms with Gasteiger partial charge >= 0.3 is 0 Å². The van der Waals surface area contributed by atoms with E-state index in [1.165, 1.54) is 19.3 Å². The van der Waals surface area contributed by atoms with Crippen LogP contribution in [0.5, 0.6) is 0 Å². The Morgan fingerprint density at radius 1 is 1.12 bits per heavy atom. The molecule has 3 aromatic rings. The second kappa shape index (κ2) is 8.91. The van der Waals surface area contributed by atoms with Crippen LogP contribution in [-0.4, -0.2) is 33.8 Å². The van der Waals surface area contributed by atoms with Crippen molar-refractivity contribution in [3.8, 4) is 5.69 Å². The molecule has 2 aromatic heterocycles. The van der Waals surface area contributed by atoms with Crippen molar-refractivity contribution in [2.24, 2.45) is 11.8 Å². The molecule has 1 amide bonds. The molecule has 1 aliphatic heterocycles. The van der Waals surface area contributed by atoms with E-state index in [-0.39, 0.29) is 5.91 Å². The number of hydrogen-bond acceptors (Lipinski definition) is 4. The molecule has 6 rings (SSSR count). The van der Waals surface area contributed by atoms with Gasteiger partial charge in [-0.2, -0.15) is 5.10 Å². The number of rotatable bonds is 4. The van der Waals surface area contributed by atoms with Gasteiger partial charge in [-0.05, 0) is 79.9 Å². The summed E-state index contributed by atoms with van der Waals surface area (Å²) in [6.07, 6.45) is 11.9. The van der Waals surface area contributed by atoms with Crippen molar-refractivity contribution in [2.75, 3.05) is 13.1 Å². The van der Waals surface area contributed by atoms with Crippen molar-refractivity contribution < 1.29 is 9.21 Å². The number of halogens is 2. The molecule has 8 heteroatoms. The molecule has 0 spiro atoms. The largest absolute Gasteiger partial charge is 0.472 e. The van der Waals surface area contributed by atoms with Crippen LogP contribution in [0, 0.1) is 11.8 Å². The highest BCUT2D eigenvalue weighted by Crippen LogP contribution is 2.39. The van der Waals surface area contributed by atoms with Gasteiger partial charge in [-0.1, -0.05) is 29.6 Å². The third kappa shape index (κ3) is 3.98. The van der Waals surface area contributed by atoms with Crippen LogP contribution >= 0.6 is 23.2 Å². The molecule has 2 fully saturated rings. The SMILES string of the molecule is O=C(NN1CC2CCCC2C1)c1nn(-c2ccc(Cl)cc2Cl)c2c1CCCC2=Cc1ccoc1. The first-order chi connectivity index (χ1) is 16.6. The van der Waals surface area contributed by atoms with E-state index in [0.717, 1.165) is 54.7 Å². The average molecular weight is 497 g/mol. The van der Waals surface area contributed by atoms with Crippen molar-refractivity contribution >= 4 is 40.8 Å². The topological polar surface area (TPSA) is 63.3 Å². The fraction of sp³-hybridized carbons (Fsp3) is 0.385. The van der Waals surface area contributed by atoms with Crippen molar-refractivity contribution in [3.63, 3.8) is 0 Å². The van der Waals surface area contributed by atoms with Gasteiger partial charge in [0.15, 0.2) is 5.69 Å². The number of aromatic nitrogens is 2. The number of hydrogen-bond donors (Lipinski definition) is 1. The minimum atomic E-state index is -0.148. The van der Waals surface area contributed by atoms with Gasteiger partial charge in [0, 0.05) is 29.2 Å². The zero-order chi connectivity index (χ0) is 23.2. The van der Waals surface area contributed by atoms with Crippen molar-refractivity contribution in [1.82, 2.24) is 20.2 Å². The first-order valence-corrected chi connectivity index (χ1v) is 12.7. The monoisotopic (exact) mass is 496 g/mol. The third-order valence-corrected chi connectivity index (χ3v) is 7.92. The van der Waals surface area contributed by atoms with Crippen molar-refractivity contribution in [2.45, 2.75) is 38.5 Å². The molecule has 1 saturated carbocycles. The average Bonchev–Trinajstić information content (AvgIpc) is 3.58. The molecule has 2 unspecified atom stereocenters. The Morgan fingerprint density at radius 2 is 1.94 bits per heavy atom. The van der Waals surface area contributed by atoms with E-state index in [1.807, 2.05) is 16.8 Å². The molecular weight excluding hydrogens is 471 g/mol. The van der Waals surface area contributed by atoms with E-state index >= 15 is 0 Å². The number of furan rings is 1. The number of benzene rings is 1. The lowest BCUT2D eigenvalue weighted by Gasteiger charge is -2.20. The molecule has 0 bridgehead atoms. The second-order valence-electron chi connectivity index (χ2n) is 9.56. The van der Waals surface area contributed by atoms with Gasteiger partial charge in [0.1, 0.15) is 0 Å². The van der Waals surface area contributed by atoms with E-state index in [9.17, 15) is 4.79 Å². The molecule has 3 heterocycles. The molecule has 1 N–H and O–H groups in total. The van der Waals surface area contributed by atoms with E-state index in [2.05, 4.69) is 16.5 Å². The molecular formula is C26H26Cl2N4O2. The van der Waals surface area contributed by atoms with Gasteiger partial charge in [-0.3, -0.25) is 10.2 Å². The minimum absolute atomic E-state index is 0.148. The maximum absolute atomic E-state index is 13.5. The molecule has 1 aromatic carbocycles. The van der Waals surface area contributed by atoms with Gasteiger partial charge < -0.3 is 4.42 Å². The van der Waals surface area contributed by atoms with E-state index in [1.54, 1.807) is 24.7 Å². The second-order valence-corrected chi connectivity index (χ2v) is 10.4. The molecule has 0 radical (unpaired) electrons. The smallest absolute Gasteiger partial charge is 0.286 e. The standard InChI is InChI=1S/C26H26Cl2N4O2/c27-20-7-8-23(22(28)12-20)32-25-17(11-16-9-10-34-15-16)3-2-6-21(25)24(29-32)26(33)30-31-13-18-4-1-5-19(18)14-31/h7-12,15,18-19H,1-6,13-14H2,(H,30,33). The van der Waals surface area contributed by atoms with Gasteiger partial charge in [-0.15, -0.1) is 0 Å². The zero-order valence-electron chi connectivity index (χ0n) is 18.8. The molecule has 3 aliphatic rings. The highest BCUT2D eigenvalue weighted by atomic mass is 35.5. The number of carbonyl (C=O) groups excluding carboxylic acids is 1. The Hall–Kier alpha value is -2.54. The van der Waals surface area contributed by atoms with Crippen LogP contribution in [0.4, 0.5) is 0 Å². The van der Waals surface area contributed by atoms with E-state index in [4.69, 9.17) is 32.7 Å². The third-order valence-electron chi connectivity index (χ3n) is 7.38. The number of fused-ring (bicyclic) bond motifs is 2. The zero-order valence-corrected chi connectivity index (χ0v) is 20.3. The fourth-order valence-corrected chi connectivity index (χ4v) is 6.31. The molecule has 1 saturated heterocycles. The summed E-state index contributed by atoms with van der Waals surface area (Å²) < 4.78 is 7.08. The van der Waals surface area contributed by atoms with Crippen molar-refractivity contribution in [3.05, 3.63) is 69.4 Å². The molecule has 34 heavy (non-hydrogen) atoms. The summed E-state index contributed by atoms with van der Waals surface area (Å²) in [4.78, 5) is 13.5. The van der Waals surface area contributed by atoms with Crippen LogP contribution in [0.25, 0.3) is 17.3 Å². The summed E-state index contributed by atoms with van der Waals surface area (Å²) in [5, 5.41) is 7.97. The van der Waals surface area contributed by atoms with Crippen LogP contribution in [-0.2, 0) is 6.42 Å². The predicted molar refractivity (Wildman–Crippen MR) is 133 cm³/mol. The number of allylic oxidation sites excluding steroid dienone is 1. The van der Waals surface area contributed by atoms with Gasteiger partial charge in [0.2, 0.25) is 0 Å². The maximum Gasteiger partial charge on any atom is 0.286 e. The summed E-state index contributed by atoms with van der Waals surface area (Å²) >= 11 is 12.7. The quantitative estimate of drug-likeness (QED) is 0.479. The fourth-order valence-electron chi connectivity index (χ4n) is 5.82. The Labute approximate surface area is 208 Å². The lowest BCUT2D eigenvalue weighted by Crippen LogP contribution is -2.41. The Balaban J connectivity index is 1.41. The normalized spacial score (nSPS) is 23.3. The van der Waals surface area contributed by atoms with Gasteiger partial charge in [0.25, 0.3) is 5.91 Å². The first kappa shape index (κ1) is 22.0. The van der Waals surface area contributed by atoms with Crippen LogP contribution < -0.4 is 5.43 Å². The van der Waals surface area contributed by atoms with Crippen LogP contribution in [0.15, 0.2) is 41.2 Å². The number of amides is 1. The number of hydrazine groups is 1. The van der Waals surface area contributed by atoms with Gasteiger partial charge in [-0.25, -0.2) is 9.69 Å². The summed E-state index contributed by atoms with van der Waals surface area (Å²) in [6.45, 7) is 1.85. The number of carbonyl (C=O) groups is 1. The molecule has 6 nitrogen and oxygen atoms in total. The highest BCUT2D eigenvalue weighted by Gasteiger charge is 2.37. The van der Waals surface area contributed by atoms with Crippen LogP contribution in [0.3, 0.4) is 0 Å². The van der Waals surface area contributed by atoms with Gasteiger partial charge in [0.05, 0.1) is 28.9 Å². The molecule has 176 valence electrons. The summed E-state index contributed by atoms with van der Waals surface area (Å²) in [5.41, 5.74) is 8.31. The number of nitrogens with zero attached hydrogens (tertiary/aromatic N) is 3. The minimum Gasteiger partial charge on any atom is -0.472 e. The number of nitrogens with one attached hydrogen (secondary N) is 1. The summed E-state index contributed by atoms with van der Waals surface area (Å²) in [6, 6.07) is 7.28. The Morgan fingerprint density at radius 3 is 2.68 bits per heavy atom. The predicted octanol–water partition coefficient (Wildman–Crippen LogP) is 6.03. The van der Waals surface area contributed by atoms with E-state index < -0.39 is 0 Å². The highest BCUT2D eigenvalue weighted by molar-refractivity contribution is 6.35. The first-order valence-electron chi connectivity index (χ1n) is 11.9. The van der Waals surface area contributed by atoms with Crippen LogP contribution in [0.1, 0.15) is 59.4 Å². The lowest BCUT2D eigenvalue weighted by molar-refractivity contribution is 0.0807. The summed E-state index contributed by atoms with van der Waals surface area (Å²) in [5.74, 6) is 1.25. The Bertz CT molecular complexity index is 1250. The van der Waals surface area contributed by atoms with E-state index in [0.29, 0.717) is 33.3 Å². The lowest BCUT2D eigenvalue weighted by atomic mass is 9.90. The van der Waals surface area contributed by atoms with Crippen LogP contribution in [0.2, 0.25) is 10.0 Å².